The lowest BCUT2D eigenvalue weighted by Crippen LogP contribution is -2.45. The molecular weight excluding hydrogens is 418 g/mol. The van der Waals surface area contributed by atoms with Crippen molar-refractivity contribution in [2.24, 2.45) is 11.7 Å². The van der Waals surface area contributed by atoms with Gasteiger partial charge in [0.2, 0.25) is 0 Å². The van der Waals surface area contributed by atoms with E-state index in [0.29, 0.717) is 34.0 Å². The molecule has 1 saturated heterocycles. The van der Waals surface area contributed by atoms with Gasteiger partial charge in [0.05, 0.1) is 22.3 Å². The first kappa shape index (κ1) is 19.6. The number of carbonyl (C=O) groups is 3. The summed E-state index contributed by atoms with van der Waals surface area (Å²) in [5, 5.41) is 4.06. The summed E-state index contributed by atoms with van der Waals surface area (Å²) >= 11 is 5.98. The van der Waals surface area contributed by atoms with E-state index < -0.39 is 12.1 Å². The number of rotatable bonds is 4. The minimum Gasteiger partial charge on any atom is -0.351 e. The van der Waals surface area contributed by atoms with Gasteiger partial charge in [-0.3, -0.25) is 14.3 Å². The van der Waals surface area contributed by atoms with E-state index in [1.165, 1.54) is 17.0 Å². The minimum absolute atomic E-state index is 0.0361. The van der Waals surface area contributed by atoms with Gasteiger partial charge in [0.1, 0.15) is 0 Å². The molecule has 158 valence electrons. The molecule has 0 spiro atoms. The molecule has 2 fully saturated rings. The number of nitrogens with one attached hydrogen (secondary N) is 1. The number of pyridine rings is 1. The van der Waals surface area contributed by atoms with E-state index in [0.717, 1.165) is 12.0 Å². The maximum Gasteiger partial charge on any atom is 0.323 e. The Kier molecular flexibility index (Phi) is 4.66. The SMILES string of the molecule is NC(=O)n1cc(NC(=O)N2[C@@H]3C[C@@H]3C[C@H]2C(=O)Cc2cncc(Cl)c2)c2ccccc21. The van der Waals surface area contributed by atoms with E-state index in [-0.39, 0.29) is 24.3 Å². The Morgan fingerprint density at radius 1 is 1.19 bits per heavy atom. The number of urea groups is 1. The van der Waals surface area contributed by atoms with Crippen LogP contribution in [0.5, 0.6) is 0 Å². The van der Waals surface area contributed by atoms with Crippen molar-refractivity contribution in [3.05, 3.63) is 59.5 Å². The first-order chi connectivity index (χ1) is 14.9. The van der Waals surface area contributed by atoms with E-state index in [1.54, 1.807) is 29.3 Å². The molecule has 1 aliphatic heterocycles. The van der Waals surface area contributed by atoms with Crippen molar-refractivity contribution < 1.29 is 14.4 Å². The average molecular weight is 438 g/mol. The molecule has 2 aromatic heterocycles. The van der Waals surface area contributed by atoms with Crippen LogP contribution >= 0.6 is 11.6 Å². The minimum atomic E-state index is -0.636. The number of piperidine rings is 1. The summed E-state index contributed by atoms with van der Waals surface area (Å²) in [5.41, 5.74) is 7.28. The smallest absolute Gasteiger partial charge is 0.323 e. The zero-order valence-corrected chi connectivity index (χ0v) is 17.2. The summed E-state index contributed by atoms with van der Waals surface area (Å²) in [6, 6.07) is 7.48. The molecular formula is C22H20ClN5O3. The molecule has 0 bridgehead atoms. The number of carbonyl (C=O) groups excluding carboxylic acids is 3. The lowest BCUT2D eigenvalue weighted by molar-refractivity contribution is -0.122. The lowest BCUT2D eigenvalue weighted by atomic mass is 10.0. The highest BCUT2D eigenvalue weighted by Crippen LogP contribution is 2.48. The standard InChI is InChI=1S/C22H20ClN5O3/c23-14-5-12(9-25-10-14)6-20(29)19-8-13-7-18(13)28(19)22(31)26-16-11-27(21(24)30)17-4-2-1-3-15(16)17/h1-5,9-11,13,18-19H,6-8H2,(H2,24,30)(H,26,31)/t13-,18-,19+/m1/s1. The summed E-state index contributed by atoms with van der Waals surface area (Å²) in [6.07, 6.45) is 6.38. The number of Topliss-reactive ketones (excluding diaryl/α,β-unsaturated/α-hetero) is 1. The molecule has 3 atom stereocenters. The molecule has 31 heavy (non-hydrogen) atoms. The molecule has 0 radical (unpaired) electrons. The molecule has 3 amide bonds. The number of primary amides is 1. The van der Waals surface area contributed by atoms with E-state index in [2.05, 4.69) is 10.3 Å². The number of hydrogen-bond acceptors (Lipinski definition) is 4. The third-order valence-corrected chi connectivity index (χ3v) is 6.25. The van der Waals surface area contributed by atoms with Crippen molar-refractivity contribution in [3.63, 3.8) is 0 Å². The van der Waals surface area contributed by atoms with Gasteiger partial charge >= 0.3 is 12.1 Å². The van der Waals surface area contributed by atoms with Crippen LogP contribution in [0.25, 0.3) is 10.9 Å². The normalized spacial score (nSPS) is 21.7. The Balaban J connectivity index is 1.38. The Bertz CT molecular complexity index is 1220. The summed E-state index contributed by atoms with van der Waals surface area (Å²) < 4.78 is 1.30. The zero-order valence-electron chi connectivity index (χ0n) is 16.5. The highest BCUT2D eigenvalue weighted by atomic mass is 35.5. The van der Waals surface area contributed by atoms with Crippen molar-refractivity contribution in [2.75, 3.05) is 5.32 Å². The van der Waals surface area contributed by atoms with Crippen LogP contribution in [-0.2, 0) is 11.2 Å². The molecule has 9 heteroatoms. The van der Waals surface area contributed by atoms with E-state index >= 15 is 0 Å². The van der Waals surface area contributed by atoms with Gasteiger partial charge in [-0.15, -0.1) is 0 Å². The van der Waals surface area contributed by atoms with Crippen LogP contribution < -0.4 is 11.1 Å². The molecule has 5 rings (SSSR count). The number of likely N-dealkylation sites (tertiary alicyclic amines) is 1. The zero-order chi connectivity index (χ0) is 21.7. The van der Waals surface area contributed by atoms with Crippen molar-refractivity contribution >= 4 is 46.0 Å². The van der Waals surface area contributed by atoms with Crippen LogP contribution in [0.3, 0.4) is 0 Å². The molecule has 2 aliphatic rings. The third-order valence-electron chi connectivity index (χ3n) is 6.04. The molecule has 1 saturated carbocycles. The Labute approximate surface area is 183 Å². The van der Waals surface area contributed by atoms with Crippen molar-refractivity contribution in [1.29, 1.82) is 0 Å². The summed E-state index contributed by atoms with van der Waals surface area (Å²) in [7, 11) is 0. The number of nitrogens with zero attached hydrogens (tertiary/aromatic N) is 3. The maximum absolute atomic E-state index is 13.2. The van der Waals surface area contributed by atoms with Crippen molar-refractivity contribution in [1.82, 2.24) is 14.5 Å². The summed E-state index contributed by atoms with van der Waals surface area (Å²) in [5.74, 6) is 0.315. The summed E-state index contributed by atoms with van der Waals surface area (Å²) in [6.45, 7) is 0. The van der Waals surface area contributed by atoms with E-state index in [4.69, 9.17) is 17.3 Å². The average Bonchev–Trinajstić information content (AvgIpc) is 3.24. The first-order valence-electron chi connectivity index (χ1n) is 10.0. The molecule has 1 aliphatic carbocycles. The number of para-hydroxylation sites is 1. The lowest BCUT2D eigenvalue weighted by Gasteiger charge is -2.26. The van der Waals surface area contributed by atoms with E-state index in [9.17, 15) is 14.4 Å². The monoisotopic (exact) mass is 437 g/mol. The first-order valence-corrected chi connectivity index (χ1v) is 10.4. The molecule has 3 N–H and O–H groups in total. The third kappa shape index (κ3) is 3.53. The molecule has 8 nitrogen and oxygen atoms in total. The highest BCUT2D eigenvalue weighted by Gasteiger charge is 2.55. The predicted molar refractivity (Wildman–Crippen MR) is 116 cm³/mol. The van der Waals surface area contributed by atoms with Crippen LogP contribution in [0.2, 0.25) is 5.02 Å². The second kappa shape index (κ2) is 7.39. The number of amides is 3. The largest absolute Gasteiger partial charge is 0.351 e. The number of anilines is 1. The van der Waals surface area contributed by atoms with Gasteiger partial charge < -0.3 is 16.0 Å². The van der Waals surface area contributed by atoms with Crippen molar-refractivity contribution in [3.8, 4) is 0 Å². The molecule has 1 aromatic carbocycles. The van der Waals surface area contributed by atoms with Crippen LogP contribution in [0, 0.1) is 5.92 Å². The Hall–Kier alpha value is -3.39. The van der Waals surface area contributed by atoms with Crippen LogP contribution in [-0.4, -0.2) is 44.4 Å². The van der Waals surface area contributed by atoms with Crippen molar-refractivity contribution in [2.45, 2.75) is 31.3 Å². The van der Waals surface area contributed by atoms with Gasteiger partial charge in [-0.1, -0.05) is 29.8 Å². The fourth-order valence-corrected chi connectivity index (χ4v) is 4.75. The summed E-state index contributed by atoms with van der Waals surface area (Å²) in [4.78, 5) is 43.7. The Morgan fingerprint density at radius 3 is 2.77 bits per heavy atom. The number of nitrogens with two attached hydrogens (primary N) is 1. The number of hydrogen-bond donors (Lipinski definition) is 2. The number of fused-ring (bicyclic) bond motifs is 2. The topological polar surface area (TPSA) is 110 Å². The van der Waals surface area contributed by atoms with Gasteiger partial charge in [-0.2, -0.15) is 0 Å². The van der Waals surface area contributed by atoms with Crippen LogP contribution in [0.15, 0.2) is 48.9 Å². The van der Waals surface area contributed by atoms with Gasteiger partial charge in [-0.05, 0) is 36.5 Å². The molecule has 0 unspecified atom stereocenters. The van der Waals surface area contributed by atoms with Gasteiger partial charge in [0, 0.05) is 36.4 Å². The second-order valence-electron chi connectivity index (χ2n) is 8.07. The van der Waals surface area contributed by atoms with Gasteiger partial charge in [-0.25, -0.2) is 9.59 Å². The highest BCUT2D eigenvalue weighted by molar-refractivity contribution is 6.30. The van der Waals surface area contributed by atoms with E-state index in [1.807, 2.05) is 12.1 Å². The second-order valence-corrected chi connectivity index (χ2v) is 8.51. The molecule has 3 heterocycles. The predicted octanol–water partition coefficient (Wildman–Crippen LogP) is 3.42. The molecule has 3 aromatic rings. The van der Waals surface area contributed by atoms with Crippen LogP contribution in [0.1, 0.15) is 18.4 Å². The number of benzene rings is 1. The van der Waals surface area contributed by atoms with Gasteiger partial charge in [0.25, 0.3) is 0 Å². The maximum atomic E-state index is 13.2. The number of halogens is 1. The Morgan fingerprint density at radius 2 is 2.00 bits per heavy atom. The quantitative estimate of drug-likeness (QED) is 0.651. The van der Waals surface area contributed by atoms with Crippen LogP contribution in [0.4, 0.5) is 15.3 Å². The fraction of sp³-hybridized carbons (Fsp3) is 0.273. The fourth-order valence-electron chi connectivity index (χ4n) is 4.55. The van der Waals surface area contributed by atoms with Gasteiger partial charge in [0.15, 0.2) is 5.78 Å². The number of ketones is 1. The number of aromatic nitrogens is 2.